The lowest BCUT2D eigenvalue weighted by atomic mass is 10.3. The SMILES string of the molecule is O=C(Nc1ccccc1)c1ccc(Oc2ccc(Br)cc2F)nn1. The molecular formula is C17H11BrFN3O2. The van der Waals surface area contributed by atoms with Gasteiger partial charge in [-0.15, -0.1) is 10.2 Å². The van der Waals surface area contributed by atoms with Crippen molar-refractivity contribution >= 4 is 27.5 Å². The lowest BCUT2D eigenvalue weighted by molar-refractivity contribution is 0.102. The van der Waals surface area contributed by atoms with Crippen LogP contribution in [0.15, 0.2) is 65.1 Å². The minimum atomic E-state index is -0.530. The third-order valence-corrected chi connectivity index (χ3v) is 3.51. The maximum atomic E-state index is 13.7. The highest BCUT2D eigenvalue weighted by molar-refractivity contribution is 9.10. The molecule has 0 aliphatic rings. The summed E-state index contributed by atoms with van der Waals surface area (Å²) in [6.45, 7) is 0. The Kier molecular flexibility index (Phi) is 4.81. The maximum absolute atomic E-state index is 13.7. The van der Waals surface area contributed by atoms with Crippen molar-refractivity contribution in [2.24, 2.45) is 0 Å². The zero-order chi connectivity index (χ0) is 16.9. The van der Waals surface area contributed by atoms with E-state index in [0.29, 0.717) is 10.2 Å². The van der Waals surface area contributed by atoms with Crippen LogP contribution < -0.4 is 10.1 Å². The van der Waals surface area contributed by atoms with Crippen LogP contribution in [0.3, 0.4) is 0 Å². The fourth-order valence-electron chi connectivity index (χ4n) is 1.88. The first-order valence-corrected chi connectivity index (χ1v) is 7.74. The monoisotopic (exact) mass is 387 g/mol. The van der Waals surface area contributed by atoms with Gasteiger partial charge in [-0.3, -0.25) is 4.79 Å². The number of ether oxygens (including phenoxy) is 1. The fourth-order valence-corrected chi connectivity index (χ4v) is 2.22. The Balaban J connectivity index is 1.70. The van der Waals surface area contributed by atoms with Crippen molar-refractivity contribution in [2.45, 2.75) is 0 Å². The van der Waals surface area contributed by atoms with Gasteiger partial charge in [0.2, 0.25) is 5.88 Å². The summed E-state index contributed by atoms with van der Waals surface area (Å²) in [5.41, 5.74) is 0.782. The predicted octanol–water partition coefficient (Wildman–Crippen LogP) is 4.42. The molecule has 3 aromatic rings. The van der Waals surface area contributed by atoms with Gasteiger partial charge in [0.25, 0.3) is 5.91 Å². The predicted molar refractivity (Wildman–Crippen MR) is 90.6 cm³/mol. The van der Waals surface area contributed by atoms with Crippen molar-refractivity contribution in [1.29, 1.82) is 0 Å². The minimum Gasteiger partial charge on any atom is -0.434 e. The smallest absolute Gasteiger partial charge is 0.276 e. The molecular weight excluding hydrogens is 377 g/mol. The molecule has 7 heteroatoms. The molecule has 5 nitrogen and oxygen atoms in total. The summed E-state index contributed by atoms with van der Waals surface area (Å²) < 4.78 is 19.6. The first-order valence-electron chi connectivity index (χ1n) is 6.95. The van der Waals surface area contributed by atoms with Crippen LogP contribution in [0.2, 0.25) is 0 Å². The molecule has 1 amide bonds. The standard InChI is InChI=1S/C17H11BrFN3O2/c18-11-6-8-15(13(19)10-11)24-16-9-7-14(21-22-16)17(23)20-12-4-2-1-3-5-12/h1-10H,(H,20,23). The van der Waals surface area contributed by atoms with Crippen LogP contribution in [-0.2, 0) is 0 Å². The molecule has 0 radical (unpaired) electrons. The van der Waals surface area contributed by atoms with Gasteiger partial charge in [-0.2, -0.15) is 0 Å². The molecule has 0 unspecified atom stereocenters. The van der Waals surface area contributed by atoms with E-state index in [9.17, 15) is 9.18 Å². The van der Waals surface area contributed by atoms with E-state index in [-0.39, 0.29) is 17.3 Å². The van der Waals surface area contributed by atoms with Gasteiger partial charge in [-0.1, -0.05) is 34.1 Å². The summed E-state index contributed by atoms with van der Waals surface area (Å²) in [5.74, 6) is -0.811. The first kappa shape index (κ1) is 16.1. The van der Waals surface area contributed by atoms with Crippen molar-refractivity contribution in [3.05, 3.63) is 76.6 Å². The number of nitrogens with zero attached hydrogens (tertiary/aromatic N) is 2. The zero-order valence-corrected chi connectivity index (χ0v) is 13.8. The van der Waals surface area contributed by atoms with Gasteiger partial charge >= 0.3 is 0 Å². The molecule has 0 aliphatic carbocycles. The van der Waals surface area contributed by atoms with E-state index in [1.165, 1.54) is 24.3 Å². The number of carbonyl (C=O) groups excluding carboxylic acids is 1. The molecule has 0 fully saturated rings. The van der Waals surface area contributed by atoms with E-state index in [4.69, 9.17) is 4.74 Å². The average Bonchev–Trinajstić information content (AvgIpc) is 2.59. The highest BCUT2D eigenvalue weighted by Gasteiger charge is 2.11. The van der Waals surface area contributed by atoms with Crippen LogP contribution in [-0.4, -0.2) is 16.1 Å². The molecule has 0 spiro atoms. The van der Waals surface area contributed by atoms with E-state index in [0.717, 1.165) is 0 Å². The topological polar surface area (TPSA) is 64.1 Å². The minimum absolute atomic E-state index is 0.0222. The van der Waals surface area contributed by atoms with Crippen molar-refractivity contribution in [3.8, 4) is 11.6 Å². The Morgan fingerprint density at radius 2 is 1.83 bits per heavy atom. The molecule has 24 heavy (non-hydrogen) atoms. The number of aromatic nitrogens is 2. The molecule has 1 heterocycles. The van der Waals surface area contributed by atoms with Crippen molar-refractivity contribution in [1.82, 2.24) is 10.2 Å². The van der Waals surface area contributed by atoms with Gasteiger partial charge < -0.3 is 10.1 Å². The van der Waals surface area contributed by atoms with Crippen LogP contribution in [0.25, 0.3) is 0 Å². The van der Waals surface area contributed by atoms with Crippen molar-refractivity contribution in [2.75, 3.05) is 5.32 Å². The van der Waals surface area contributed by atoms with Gasteiger partial charge in [0.15, 0.2) is 17.3 Å². The van der Waals surface area contributed by atoms with E-state index in [1.807, 2.05) is 18.2 Å². The Labute approximate surface area is 145 Å². The molecule has 0 atom stereocenters. The molecule has 1 aromatic heterocycles. The van der Waals surface area contributed by atoms with Gasteiger partial charge in [0, 0.05) is 16.2 Å². The highest BCUT2D eigenvalue weighted by Crippen LogP contribution is 2.25. The number of hydrogen-bond acceptors (Lipinski definition) is 4. The van der Waals surface area contributed by atoms with E-state index in [1.54, 1.807) is 18.2 Å². The second-order valence-corrected chi connectivity index (χ2v) is 5.67. The second-order valence-electron chi connectivity index (χ2n) is 4.75. The number of rotatable bonds is 4. The van der Waals surface area contributed by atoms with Crippen molar-refractivity contribution in [3.63, 3.8) is 0 Å². The summed E-state index contributed by atoms with van der Waals surface area (Å²) in [4.78, 5) is 12.1. The van der Waals surface area contributed by atoms with E-state index >= 15 is 0 Å². The summed E-state index contributed by atoms with van der Waals surface area (Å²) >= 11 is 3.17. The first-order chi connectivity index (χ1) is 11.6. The molecule has 0 bridgehead atoms. The van der Waals surface area contributed by atoms with E-state index in [2.05, 4.69) is 31.4 Å². The number of halogens is 2. The number of benzene rings is 2. The van der Waals surface area contributed by atoms with Crippen LogP contribution in [0, 0.1) is 5.82 Å². The third-order valence-electron chi connectivity index (χ3n) is 3.01. The lowest BCUT2D eigenvalue weighted by Crippen LogP contribution is -2.14. The van der Waals surface area contributed by atoms with Crippen LogP contribution >= 0.6 is 15.9 Å². The summed E-state index contributed by atoms with van der Waals surface area (Å²) in [6.07, 6.45) is 0. The Bertz CT molecular complexity index is 857. The largest absolute Gasteiger partial charge is 0.434 e. The molecule has 0 aliphatic heterocycles. The van der Waals surface area contributed by atoms with Gasteiger partial charge in [-0.25, -0.2) is 4.39 Å². The summed E-state index contributed by atoms with van der Waals surface area (Å²) in [5, 5.41) is 10.3. The number of amides is 1. The van der Waals surface area contributed by atoms with E-state index < -0.39 is 11.7 Å². The third kappa shape index (κ3) is 3.94. The number of para-hydroxylation sites is 1. The van der Waals surface area contributed by atoms with Gasteiger partial charge in [0.05, 0.1) is 0 Å². The maximum Gasteiger partial charge on any atom is 0.276 e. The van der Waals surface area contributed by atoms with Crippen LogP contribution in [0.4, 0.5) is 10.1 Å². The van der Waals surface area contributed by atoms with Crippen LogP contribution in [0.1, 0.15) is 10.5 Å². The quantitative estimate of drug-likeness (QED) is 0.719. The summed E-state index contributed by atoms with van der Waals surface area (Å²) in [7, 11) is 0. The molecule has 0 saturated heterocycles. The Morgan fingerprint density at radius 3 is 2.50 bits per heavy atom. The normalized spacial score (nSPS) is 10.2. The number of anilines is 1. The van der Waals surface area contributed by atoms with Gasteiger partial charge in [-0.05, 0) is 36.4 Å². The molecule has 3 rings (SSSR count). The Morgan fingerprint density at radius 1 is 1.04 bits per heavy atom. The lowest BCUT2D eigenvalue weighted by Gasteiger charge is -2.07. The summed E-state index contributed by atoms with van der Waals surface area (Å²) in [6, 6.07) is 16.3. The van der Waals surface area contributed by atoms with Crippen LogP contribution in [0.5, 0.6) is 11.6 Å². The molecule has 2 aromatic carbocycles. The average molecular weight is 388 g/mol. The second kappa shape index (κ2) is 7.18. The van der Waals surface area contributed by atoms with Gasteiger partial charge in [0.1, 0.15) is 0 Å². The highest BCUT2D eigenvalue weighted by atomic mass is 79.9. The number of nitrogens with one attached hydrogen (secondary N) is 1. The molecule has 120 valence electrons. The zero-order valence-electron chi connectivity index (χ0n) is 12.2. The van der Waals surface area contributed by atoms with Crippen molar-refractivity contribution < 1.29 is 13.9 Å². The fraction of sp³-hybridized carbons (Fsp3) is 0. The molecule has 0 saturated carbocycles. The Hall–Kier alpha value is -2.80. The molecule has 1 N–H and O–H groups in total. The number of carbonyl (C=O) groups is 1. The number of hydrogen-bond donors (Lipinski definition) is 1.